The van der Waals surface area contributed by atoms with Gasteiger partial charge in [-0.05, 0) is 37.5 Å². The quantitative estimate of drug-likeness (QED) is 0.506. The molecule has 0 radical (unpaired) electrons. The van der Waals surface area contributed by atoms with E-state index in [2.05, 4.69) is 4.98 Å². The summed E-state index contributed by atoms with van der Waals surface area (Å²) in [6, 6.07) is 12.4. The summed E-state index contributed by atoms with van der Waals surface area (Å²) in [5, 5.41) is 11.1. The zero-order valence-electron chi connectivity index (χ0n) is 15.6. The second kappa shape index (κ2) is 6.92. The molecule has 7 nitrogen and oxygen atoms in total. The van der Waals surface area contributed by atoms with Crippen molar-refractivity contribution in [2.24, 2.45) is 0 Å². The van der Waals surface area contributed by atoms with E-state index in [-0.39, 0.29) is 18.0 Å². The highest BCUT2D eigenvalue weighted by Crippen LogP contribution is 2.32. The van der Waals surface area contributed by atoms with Crippen molar-refractivity contribution in [2.75, 3.05) is 11.4 Å². The Morgan fingerprint density at radius 2 is 2.04 bits per heavy atom. The minimum Gasteiger partial charge on any atom is -0.441 e. The molecule has 0 aliphatic carbocycles. The molecule has 0 saturated carbocycles. The molecule has 0 bridgehead atoms. The van der Waals surface area contributed by atoms with Crippen LogP contribution < -0.4 is 4.90 Å². The van der Waals surface area contributed by atoms with E-state index in [9.17, 15) is 14.9 Å². The van der Waals surface area contributed by atoms with Gasteiger partial charge in [-0.25, -0.2) is 4.98 Å². The molecule has 0 N–H and O–H groups in total. The molecule has 142 valence electrons. The van der Waals surface area contributed by atoms with Crippen LogP contribution in [0.25, 0.3) is 11.5 Å². The van der Waals surface area contributed by atoms with Crippen LogP contribution in [0, 0.1) is 24.0 Å². The third-order valence-corrected chi connectivity index (χ3v) is 5.06. The van der Waals surface area contributed by atoms with Gasteiger partial charge in [0.1, 0.15) is 5.76 Å². The van der Waals surface area contributed by atoms with E-state index in [0.29, 0.717) is 36.0 Å². The Labute approximate surface area is 161 Å². The summed E-state index contributed by atoms with van der Waals surface area (Å²) in [4.78, 5) is 29.6. The van der Waals surface area contributed by atoms with Crippen molar-refractivity contribution < 1.29 is 14.1 Å². The van der Waals surface area contributed by atoms with Crippen LogP contribution in [0.1, 0.15) is 22.6 Å². The summed E-state index contributed by atoms with van der Waals surface area (Å²) in [5.74, 6) is 0.952. The van der Waals surface area contributed by atoms with Crippen LogP contribution in [0.3, 0.4) is 0 Å². The zero-order valence-corrected chi connectivity index (χ0v) is 15.6. The molecular formula is C21H19N3O4. The van der Waals surface area contributed by atoms with Gasteiger partial charge in [-0.3, -0.25) is 14.9 Å². The molecule has 3 aromatic rings. The number of fused-ring (bicyclic) bond motifs is 1. The van der Waals surface area contributed by atoms with Gasteiger partial charge in [0.2, 0.25) is 11.8 Å². The first kappa shape index (κ1) is 17.9. The predicted molar refractivity (Wildman–Crippen MR) is 104 cm³/mol. The van der Waals surface area contributed by atoms with Gasteiger partial charge in [0.05, 0.1) is 22.7 Å². The fraction of sp³-hybridized carbons (Fsp3) is 0.238. The first-order chi connectivity index (χ1) is 13.4. The van der Waals surface area contributed by atoms with E-state index >= 15 is 0 Å². The predicted octanol–water partition coefficient (Wildman–Crippen LogP) is 4.00. The Kier molecular flexibility index (Phi) is 4.43. The standard InChI is InChI=1S/C21H19N3O4/c1-13-5-3-4-6-17(13)21-22-18(14(2)28-21)12-20(25)23-10-9-15-7-8-16(24(26)27)11-19(15)23/h3-8,11H,9-10,12H2,1-2H3. The van der Waals surface area contributed by atoms with Crippen molar-refractivity contribution >= 4 is 17.3 Å². The third-order valence-electron chi connectivity index (χ3n) is 5.06. The topological polar surface area (TPSA) is 89.5 Å². The summed E-state index contributed by atoms with van der Waals surface area (Å²) >= 11 is 0. The number of rotatable bonds is 4. The highest BCUT2D eigenvalue weighted by Gasteiger charge is 2.28. The first-order valence-corrected chi connectivity index (χ1v) is 9.04. The molecule has 0 atom stereocenters. The number of carbonyl (C=O) groups is 1. The van der Waals surface area contributed by atoms with Crippen LogP contribution >= 0.6 is 0 Å². The Balaban J connectivity index is 1.59. The number of carbonyl (C=O) groups excluding carboxylic acids is 1. The number of amides is 1. The van der Waals surface area contributed by atoms with Crippen LogP contribution in [0.5, 0.6) is 0 Å². The second-order valence-corrected chi connectivity index (χ2v) is 6.88. The maximum atomic E-state index is 12.9. The summed E-state index contributed by atoms with van der Waals surface area (Å²) in [5.41, 5.74) is 4.06. The van der Waals surface area contributed by atoms with Gasteiger partial charge in [-0.1, -0.05) is 24.3 Å². The van der Waals surface area contributed by atoms with Gasteiger partial charge in [-0.15, -0.1) is 0 Å². The van der Waals surface area contributed by atoms with E-state index in [1.807, 2.05) is 31.2 Å². The van der Waals surface area contributed by atoms with Crippen LogP contribution in [-0.2, 0) is 17.6 Å². The summed E-state index contributed by atoms with van der Waals surface area (Å²) < 4.78 is 5.79. The number of nitro groups is 1. The number of non-ortho nitro benzene ring substituents is 1. The molecule has 0 spiro atoms. The number of hydrogen-bond acceptors (Lipinski definition) is 5. The van der Waals surface area contributed by atoms with Crippen LogP contribution in [0.2, 0.25) is 0 Å². The number of benzene rings is 2. The normalized spacial score (nSPS) is 12.9. The van der Waals surface area contributed by atoms with Crippen LogP contribution in [0.4, 0.5) is 11.4 Å². The van der Waals surface area contributed by atoms with Crippen molar-refractivity contribution in [3.63, 3.8) is 0 Å². The smallest absolute Gasteiger partial charge is 0.271 e. The molecule has 1 amide bonds. The summed E-state index contributed by atoms with van der Waals surface area (Å²) in [7, 11) is 0. The number of anilines is 1. The molecule has 1 aliphatic heterocycles. The number of nitrogens with zero attached hydrogens (tertiary/aromatic N) is 3. The van der Waals surface area contributed by atoms with E-state index in [1.54, 1.807) is 17.9 Å². The average molecular weight is 377 g/mol. The van der Waals surface area contributed by atoms with E-state index < -0.39 is 4.92 Å². The minimum atomic E-state index is -0.447. The molecule has 0 unspecified atom stereocenters. The fourth-order valence-electron chi connectivity index (χ4n) is 3.50. The van der Waals surface area contributed by atoms with Crippen LogP contribution in [0.15, 0.2) is 46.9 Å². The van der Waals surface area contributed by atoms with E-state index in [4.69, 9.17) is 4.42 Å². The van der Waals surface area contributed by atoms with Gasteiger partial charge in [0, 0.05) is 24.2 Å². The molecule has 1 aliphatic rings. The highest BCUT2D eigenvalue weighted by molar-refractivity contribution is 5.97. The van der Waals surface area contributed by atoms with Crippen molar-refractivity contribution in [1.82, 2.24) is 4.98 Å². The lowest BCUT2D eigenvalue weighted by Crippen LogP contribution is -2.30. The minimum absolute atomic E-state index is 0.0158. The highest BCUT2D eigenvalue weighted by atomic mass is 16.6. The lowest BCUT2D eigenvalue weighted by Gasteiger charge is -2.16. The number of aryl methyl sites for hydroxylation is 2. The van der Waals surface area contributed by atoms with Crippen molar-refractivity contribution in [3.8, 4) is 11.5 Å². The average Bonchev–Trinajstić information content (AvgIpc) is 3.25. The second-order valence-electron chi connectivity index (χ2n) is 6.88. The Hall–Kier alpha value is -3.48. The lowest BCUT2D eigenvalue weighted by atomic mass is 10.1. The molecular weight excluding hydrogens is 358 g/mol. The third kappa shape index (κ3) is 3.15. The van der Waals surface area contributed by atoms with Crippen molar-refractivity contribution in [3.05, 3.63) is 75.2 Å². The SMILES string of the molecule is Cc1ccccc1-c1nc(CC(=O)N2CCc3ccc([N+](=O)[O-])cc32)c(C)o1. The first-order valence-electron chi connectivity index (χ1n) is 9.04. The molecule has 28 heavy (non-hydrogen) atoms. The van der Waals surface area contributed by atoms with Gasteiger partial charge >= 0.3 is 0 Å². The van der Waals surface area contributed by atoms with Gasteiger partial charge in [0.25, 0.3) is 5.69 Å². The molecule has 2 heterocycles. The number of aromatic nitrogens is 1. The van der Waals surface area contributed by atoms with E-state index in [1.165, 1.54) is 12.1 Å². The zero-order chi connectivity index (χ0) is 19.8. The van der Waals surface area contributed by atoms with E-state index in [0.717, 1.165) is 16.7 Å². The summed E-state index contributed by atoms with van der Waals surface area (Å²) in [6.45, 7) is 4.28. The molecule has 7 heteroatoms. The molecule has 1 aromatic heterocycles. The summed E-state index contributed by atoms with van der Waals surface area (Å²) in [6.07, 6.45) is 0.772. The van der Waals surface area contributed by atoms with Crippen LogP contribution in [-0.4, -0.2) is 22.4 Å². The maximum absolute atomic E-state index is 12.9. The van der Waals surface area contributed by atoms with Crippen molar-refractivity contribution in [2.45, 2.75) is 26.7 Å². The Morgan fingerprint density at radius 1 is 1.25 bits per heavy atom. The molecule has 0 fully saturated rings. The lowest BCUT2D eigenvalue weighted by molar-refractivity contribution is -0.384. The molecule has 4 rings (SSSR count). The fourth-order valence-corrected chi connectivity index (χ4v) is 3.50. The largest absolute Gasteiger partial charge is 0.441 e. The maximum Gasteiger partial charge on any atom is 0.271 e. The molecule has 2 aromatic carbocycles. The van der Waals surface area contributed by atoms with Crippen molar-refractivity contribution in [1.29, 1.82) is 0 Å². The molecule has 0 saturated heterocycles. The number of hydrogen-bond donors (Lipinski definition) is 0. The van der Waals surface area contributed by atoms with Gasteiger partial charge in [-0.2, -0.15) is 0 Å². The number of oxazole rings is 1. The Morgan fingerprint density at radius 3 is 2.79 bits per heavy atom. The van der Waals surface area contributed by atoms with Gasteiger partial charge < -0.3 is 9.32 Å². The van der Waals surface area contributed by atoms with Gasteiger partial charge in [0.15, 0.2) is 0 Å². The number of nitro benzene ring substituents is 1. The monoisotopic (exact) mass is 377 g/mol. The Bertz CT molecular complexity index is 1090.